The predicted molar refractivity (Wildman–Crippen MR) is 73.6 cm³/mol. The standard InChI is InChI=1S/C14H17ClN2/c1-9-6-10-4-5-11(15)7-12(10)17-13(9)14(2,3)8-16/h4-7H,8,16H2,1-3H3. The highest BCUT2D eigenvalue weighted by Crippen LogP contribution is 2.27. The molecule has 0 atom stereocenters. The Kier molecular flexibility index (Phi) is 3.11. The molecule has 90 valence electrons. The fourth-order valence-electron chi connectivity index (χ4n) is 2.03. The molecule has 0 saturated carbocycles. The number of nitrogens with zero attached hydrogens (tertiary/aromatic N) is 1. The minimum atomic E-state index is -0.111. The lowest BCUT2D eigenvalue weighted by molar-refractivity contribution is 0.520. The molecule has 0 fully saturated rings. The summed E-state index contributed by atoms with van der Waals surface area (Å²) in [6.45, 7) is 6.87. The third-order valence-electron chi connectivity index (χ3n) is 3.12. The fraction of sp³-hybridized carbons (Fsp3) is 0.357. The van der Waals surface area contributed by atoms with E-state index in [4.69, 9.17) is 22.3 Å². The highest BCUT2D eigenvalue weighted by Gasteiger charge is 2.22. The molecule has 1 aromatic heterocycles. The zero-order valence-electron chi connectivity index (χ0n) is 10.4. The van der Waals surface area contributed by atoms with Gasteiger partial charge in [0.25, 0.3) is 0 Å². The molecular weight excluding hydrogens is 232 g/mol. The predicted octanol–water partition coefficient (Wildman–Crippen LogP) is 3.43. The van der Waals surface area contributed by atoms with Gasteiger partial charge in [-0.1, -0.05) is 31.5 Å². The molecule has 0 amide bonds. The summed E-state index contributed by atoms with van der Waals surface area (Å²) in [4.78, 5) is 4.71. The quantitative estimate of drug-likeness (QED) is 0.884. The van der Waals surface area contributed by atoms with Crippen LogP contribution in [0.15, 0.2) is 24.3 Å². The van der Waals surface area contributed by atoms with E-state index >= 15 is 0 Å². The summed E-state index contributed by atoms with van der Waals surface area (Å²) >= 11 is 5.99. The van der Waals surface area contributed by atoms with Gasteiger partial charge < -0.3 is 5.73 Å². The summed E-state index contributed by atoms with van der Waals surface area (Å²) in [5.41, 5.74) is 8.86. The Morgan fingerprint density at radius 2 is 2.00 bits per heavy atom. The molecule has 0 unspecified atom stereocenters. The molecule has 0 aliphatic carbocycles. The molecule has 1 aromatic carbocycles. The van der Waals surface area contributed by atoms with Crippen LogP contribution in [0.2, 0.25) is 5.02 Å². The van der Waals surface area contributed by atoms with Gasteiger partial charge in [0.2, 0.25) is 0 Å². The second-order valence-corrected chi connectivity index (χ2v) is 5.52. The van der Waals surface area contributed by atoms with Crippen molar-refractivity contribution in [2.75, 3.05) is 6.54 Å². The molecule has 2 N–H and O–H groups in total. The molecule has 17 heavy (non-hydrogen) atoms. The second-order valence-electron chi connectivity index (χ2n) is 5.08. The van der Waals surface area contributed by atoms with Crippen molar-refractivity contribution < 1.29 is 0 Å². The topological polar surface area (TPSA) is 38.9 Å². The highest BCUT2D eigenvalue weighted by atomic mass is 35.5. The summed E-state index contributed by atoms with van der Waals surface area (Å²) in [5.74, 6) is 0. The monoisotopic (exact) mass is 248 g/mol. The van der Waals surface area contributed by atoms with Crippen molar-refractivity contribution in [1.29, 1.82) is 0 Å². The Morgan fingerprint density at radius 1 is 1.29 bits per heavy atom. The number of hydrogen-bond acceptors (Lipinski definition) is 2. The van der Waals surface area contributed by atoms with Crippen LogP contribution < -0.4 is 5.73 Å². The maximum absolute atomic E-state index is 5.99. The Bertz CT molecular complexity index is 561. The molecule has 0 aliphatic heterocycles. The van der Waals surface area contributed by atoms with Crippen molar-refractivity contribution in [3.8, 4) is 0 Å². The minimum Gasteiger partial charge on any atom is -0.330 e. The second kappa shape index (κ2) is 4.28. The summed E-state index contributed by atoms with van der Waals surface area (Å²) in [6, 6.07) is 7.92. The van der Waals surface area contributed by atoms with Gasteiger partial charge in [0.1, 0.15) is 0 Å². The Morgan fingerprint density at radius 3 is 2.65 bits per heavy atom. The first-order valence-electron chi connectivity index (χ1n) is 5.71. The lowest BCUT2D eigenvalue weighted by Crippen LogP contribution is -2.30. The summed E-state index contributed by atoms with van der Waals surface area (Å²) in [7, 11) is 0. The van der Waals surface area contributed by atoms with Crippen LogP contribution in [-0.2, 0) is 5.41 Å². The number of benzene rings is 1. The van der Waals surface area contributed by atoms with Crippen molar-refractivity contribution in [2.45, 2.75) is 26.2 Å². The zero-order chi connectivity index (χ0) is 12.6. The van der Waals surface area contributed by atoms with Crippen LogP contribution in [0.25, 0.3) is 10.9 Å². The van der Waals surface area contributed by atoms with Crippen LogP contribution in [0.5, 0.6) is 0 Å². The van der Waals surface area contributed by atoms with Gasteiger partial charge in [-0.3, -0.25) is 4.98 Å². The number of hydrogen-bond donors (Lipinski definition) is 1. The van der Waals surface area contributed by atoms with E-state index in [1.54, 1.807) is 0 Å². The van der Waals surface area contributed by atoms with E-state index in [1.807, 2.05) is 18.2 Å². The van der Waals surface area contributed by atoms with Gasteiger partial charge in [-0.25, -0.2) is 0 Å². The van der Waals surface area contributed by atoms with E-state index in [1.165, 1.54) is 5.56 Å². The Balaban J connectivity index is 2.69. The van der Waals surface area contributed by atoms with Gasteiger partial charge in [0.15, 0.2) is 0 Å². The van der Waals surface area contributed by atoms with E-state index in [2.05, 4.69) is 26.8 Å². The fourth-order valence-corrected chi connectivity index (χ4v) is 2.19. The first kappa shape index (κ1) is 12.3. The molecule has 0 saturated heterocycles. The Labute approximate surface area is 107 Å². The number of aromatic nitrogens is 1. The van der Waals surface area contributed by atoms with Crippen LogP contribution in [0, 0.1) is 6.92 Å². The van der Waals surface area contributed by atoms with Gasteiger partial charge in [-0.2, -0.15) is 0 Å². The van der Waals surface area contributed by atoms with E-state index in [-0.39, 0.29) is 5.41 Å². The number of nitrogens with two attached hydrogens (primary N) is 1. The van der Waals surface area contributed by atoms with Gasteiger partial charge in [0.05, 0.1) is 11.2 Å². The average molecular weight is 249 g/mol. The van der Waals surface area contributed by atoms with E-state index in [0.717, 1.165) is 16.6 Å². The molecule has 2 aromatic rings. The molecule has 0 spiro atoms. The molecule has 2 rings (SSSR count). The number of halogens is 1. The van der Waals surface area contributed by atoms with Crippen molar-refractivity contribution in [2.24, 2.45) is 5.73 Å². The zero-order valence-corrected chi connectivity index (χ0v) is 11.2. The molecule has 0 aliphatic rings. The number of fused-ring (bicyclic) bond motifs is 1. The van der Waals surface area contributed by atoms with Crippen LogP contribution in [0.3, 0.4) is 0 Å². The third-order valence-corrected chi connectivity index (χ3v) is 3.36. The first-order valence-corrected chi connectivity index (χ1v) is 6.09. The maximum atomic E-state index is 5.99. The maximum Gasteiger partial charge on any atom is 0.0720 e. The lowest BCUT2D eigenvalue weighted by Gasteiger charge is -2.24. The SMILES string of the molecule is Cc1cc2ccc(Cl)cc2nc1C(C)(C)CN. The van der Waals surface area contributed by atoms with Crippen molar-refractivity contribution in [3.63, 3.8) is 0 Å². The number of pyridine rings is 1. The summed E-state index contributed by atoms with van der Waals surface area (Å²) in [5, 5.41) is 1.83. The molecule has 1 heterocycles. The number of rotatable bonds is 2. The highest BCUT2D eigenvalue weighted by molar-refractivity contribution is 6.31. The normalized spacial score (nSPS) is 12.1. The smallest absolute Gasteiger partial charge is 0.0720 e. The van der Waals surface area contributed by atoms with Crippen molar-refractivity contribution in [3.05, 3.63) is 40.5 Å². The van der Waals surface area contributed by atoms with Crippen LogP contribution in [0.4, 0.5) is 0 Å². The van der Waals surface area contributed by atoms with Gasteiger partial charge in [-0.15, -0.1) is 0 Å². The first-order chi connectivity index (χ1) is 7.94. The lowest BCUT2D eigenvalue weighted by atomic mass is 9.86. The summed E-state index contributed by atoms with van der Waals surface area (Å²) < 4.78 is 0. The van der Waals surface area contributed by atoms with Crippen LogP contribution in [0.1, 0.15) is 25.1 Å². The van der Waals surface area contributed by atoms with E-state index in [0.29, 0.717) is 11.6 Å². The van der Waals surface area contributed by atoms with Crippen molar-refractivity contribution in [1.82, 2.24) is 4.98 Å². The van der Waals surface area contributed by atoms with Gasteiger partial charge in [-0.05, 0) is 30.7 Å². The Hall–Kier alpha value is -1.12. The van der Waals surface area contributed by atoms with E-state index in [9.17, 15) is 0 Å². The minimum absolute atomic E-state index is 0.111. The van der Waals surface area contributed by atoms with Crippen LogP contribution in [-0.4, -0.2) is 11.5 Å². The third kappa shape index (κ3) is 2.28. The largest absolute Gasteiger partial charge is 0.330 e. The van der Waals surface area contributed by atoms with Crippen LogP contribution >= 0.6 is 11.6 Å². The number of aryl methyl sites for hydroxylation is 1. The molecule has 2 nitrogen and oxygen atoms in total. The molecule has 3 heteroatoms. The molecular formula is C14H17ClN2. The summed E-state index contributed by atoms with van der Waals surface area (Å²) in [6.07, 6.45) is 0. The van der Waals surface area contributed by atoms with Gasteiger partial charge in [0, 0.05) is 22.4 Å². The average Bonchev–Trinajstić information content (AvgIpc) is 2.28. The molecule has 0 bridgehead atoms. The van der Waals surface area contributed by atoms with E-state index < -0.39 is 0 Å². The van der Waals surface area contributed by atoms with Gasteiger partial charge >= 0.3 is 0 Å². The molecule has 0 radical (unpaired) electrons. The van der Waals surface area contributed by atoms with Crippen molar-refractivity contribution >= 4 is 22.5 Å².